The van der Waals surface area contributed by atoms with Crippen LogP contribution in [0.3, 0.4) is 0 Å². The monoisotopic (exact) mass is 351 g/mol. The van der Waals surface area contributed by atoms with Crippen molar-refractivity contribution in [1.82, 2.24) is 4.90 Å². The van der Waals surface area contributed by atoms with Crippen molar-refractivity contribution in [2.24, 2.45) is 0 Å². The Morgan fingerprint density at radius 3 is 2.54 bits per heavy atom. The molecular weight excluding hydrogens is 326 g/mol. The first-order valence-electron chi connectivity index (χ1n) is 8.95. The Morgan fingerprint density at radius 2 is 1.81 bits per heavy atom. The van der Waals surface area contributed by atoms with E-state index in [0.717, 1.165) is 29.9 Å². The molecule has 2 aromatic rings. The van der Waals surface area contributed by atoms with Gasteiger partial charge in [-0.1, -0.05) is 30.3 Å². The van der Waals surface area contributed by atoms with E-state index in [1.807, 2.05) is 36.4 Å². The van der Waals surface area contributed by atoms with Crippen molar-refractivity contribution in [3.63, 3.8) is 0 Å². The Labute approximate surface area is 154 Å². The Morgan fingerprint density at radius 1 is 1.08 bits per heavy atom. The van der Waals surface area contributed by atoms with Gasteiger partial charge in [-0.3, -0.25) is 9.59 Å². The molecule has 26 heavy (non-hydrogen) atoms. The molecule has 2 amide bonds. The molecule has 5 heteroatoms. The smallest absolute Gasteiger partial charge is 0.243 e. The van der Waals surface area contributed by atoms with Crippen molar-refractivity contribution in [3.8, 4) is 0 Å². The fourth-order valence-electron chi connectivity index (χ4n) is 3.17. The van der Waals surface area contributed by atoms with Gasteiger partial charge in [-0.2, -0.15) is 0 Å². The minimum atomic E-state index is -0.0164. The van der Waals surface area contributed by atoms with Crippen LogP contribution >= 0.6 is 0 Å². The molecule has 0 bridgehead atoms. The average Bonchev–Trinajstić information content (AvgIpc) is 3.03. The molecule has 1 heterocycles. The molecule has 0 saturated heterocycles. The highest BCUT2D eigenvalue weighted by Crippen LogP contribution is 2.27. The van der Waals surface area contributed by atoms with Gasteiger partial charge in [0.25, 0.3) is 0 Å². The summed E-state index contributed by atoms with van der Waals surface area (Å²) in [4.78, 5) is 27.7. The number of nitrogens with zero attached hydrogens (tertiary/aromatic N) is 2. The minimum Gasteiger partial charge on any atom is -0.362 e. The quantitative estimate of drug-likeness (QED) is 0.871. The molecule has 1 aliphatic rings. The van der Waals surface area contributed by atoms with Crippen LogP contribution in [-0.4, -0.2) is 43.9 Å². The highest BCUT2D eigenvalue weighted by molar-refractivity contribution is 5.94. The van der Waals surface area contributed by atoms with Gasteiger partial charge in [0.2, 0.25) is 11.8 Å². The maximum absolute atomic E-state index is 12.4. The van der Waals surface area contributed by atoms with Gasteiger partial charge >= 0.3 is 0 Å². The first-order chi connectivity index (χ1) is 12.5. The van der Waals surface area contributed by atoms with Crippen LogP contribution in [0.25, 0.3) is 0 Å². The zero-order valence-electron chi connectivity index (χ0n) is 15.4. The van der Waals surface area contributed by atoms with Crippen LogP contribution in [-0.2, 0) is 22.4 Å². The van der Waals surface area contributed by atoms with Crippen LogP contribution in [0.1, 0.15) is 17.5 Å². The van der Waals surface area contributed by atoms with Crippen LogP contribution in [0, 0.1) is 0 Å². The van der Waals surface area contributed by atoms with E-state index in [2.05, 4.69) is 22.3 Å². The largest absolute Gasteiger partial charge is 0.362 e. The number of carbonyl (C=O) groups is 2. The molecule has 0 fully saturated rings. The van der Waals surface area contributed by atoms with E-state index in [-0.39, 0.29) is 11.8 Å². The van der Waals surface area contributed by atoms with Crippen molar-refractivity contribution in [1.29, 1.82) is 0 Å². The molecule has 0 spiro atoms. The predicted molar refractivity (Wildman–Crippen MR) is 104 cm³/mol. The van der Waals surface area contributed by atoms with Crippen LogP contribution in [0.15, 0.2) is 48.5 Å². The number of hydrogen-bond acceptors (Lipinski definition) is 3. The molecular formula is C21H25N3O2. The highest BCUT2D eigenvalue weighted by atomic mass is 16.2. The molecule has 136 valence electrons. The van der Waals surface area contributed by atoms with Crippen molar-refractivity contribution < 1.29 is 9.59 Å². The number of rotatable bonds is 6. The molecule has 5 nitrogen and oxygen atoms in total. The summed E-state index contributed by atoms with van der Waals surface area (Å²) in [5.41, 5.74) is 4.33. The van der Waals surface area contributed by atoms with Gasteiger partial charge in [-0.25, -0.2) is 0 Å². The third kappa shape index (κ3) is 4.42. The minimum absolute atomic E-state index is 0.0164. The Hall–Kier alpha value is -2.82. The summed E-state index contributed by atoms with van der Waals surface area (Å²) in [6, 6.07) is 15.9. The normalized spacial score (nSPS) is 12.6. The number of amides is 2. The molecule has 0 aromatic heterocycles. The summed E-state index contributed by atoms with van der Waals surface area (Å²) in [5, 5.41) is 2.95. The number of aryl methyl sites for hydroxylation is 1. The van der Waals surface area contributed by atoms with E-state index in [1.54, 1.807) is 19.0 Å². The Bertz CT molecular complexity index is 784. The Kier molecular flexibility index (Phi) is 5.56. The average molecular weight is 351 g/mol. The summed E-state index contributed by atoms with van der Waals surface area (Å²) in [6.45, 7) is 1.24. The second-order valence-corrected chi connectivity index (χ2v) is 6.83. The molecule has 2 aromatic carbocycles. The number of hydrogen-bond donors (Lipinski definition) is 1. The summed E-state index contributed by atoms with van der Waals surface area (Å²) in [7, 11) is 3.53. The van der Waals surface area contributed by atoms with Crippen LogP contribution in [0.2, 0.25) is 0 Å². The second kappa shape index (κ2) is 8.04. The van der Waals surface area contributed by atoms with Crippen molar-refractivity contribution >= 4 is 23.2 Å². The lowest BCUT2D eigenvalue weighted by atomic mass is 10.1. The van der Waals surface area contributed by atoms with Gasteiger partial charge in [-0.05, 0) is 42.2 Å². The van der Waals surface area contributed by atoms with Gasteiger partial charge in [0.15, 0.2) is 0 Å². The first kappa shape index (κ1) is 18.0. The lowest BCUT2D eigenvalue weighted by molar-refractivity contribution is -0.128. The summed E-state index contributed by atoms with van der Waals surface area (Å²) < 4.78 is 0. The van der Waals surface area contributed by atoms with E-state index < -0.39 is 0 Å². The molecule has 1 N–H and O–H groups in total. The SMILES string of the molecule is CN(C)C(=O)CCc1ccc(NC(=O)CN2CCc3ccccc32)cc1. The number of carbonyl (C=O) groups excluding carboxylic acids is 2. The van der Waals surface area contributed by atoms with Crippen molar-refractivity contribution in [3.05, 3.63) is 59.7 Å². The van der Waals surface area contributed by atoms with Gasteiger partial charge < -0.3 is 15.1 Å². The van der Waals surface area contributed by atoms with E-state index in [1.165, 1.54) is 5.56 Å². The van der Waals surface area contributed by atoms with E-state index >= 15 is 0 Å². The van der Waals surface area contributed by atoms with Crippen LogP contribution in [0.4, 0.5) is 11.4 Å². The van der Waals surface area contributed by atoms with Crippen LogP contribution in [0.5, 0.6) is 0 Å². The zero-order chi connectivity index (χ0) is 18.5. The maximum Gasteiger partial charge on any atom is 0.243 e. The Balaban J connectivity index is 1.51. The molecule has 0 radical (unpaired) electrons. The number of para-hydroxylation sites is 1. The van der Waals surface area contributed by atoms with Crippen LogP contribution < -0.4 is 10.2 Å². The van der Waals surface area contributed by atoms with Crippen molar-refractivity contribution in [2.45, 2.75) is 19.3 Å². The molecule has 1 aliphatic heterocycles. The second-order valence-electron chi connectivity index (χ2n) is 6.83. The third-order valence-electron chi connectivity index (χ3n) is 4.68. The van der Waals surface area contributed by atoms with E-state index in [4.69, 9.17) is 0 Å². The summed E-state index contributed by atoms with van der Waals surface area (Å²) in [5.74, 6) is 0.102. The van der Waals surface area contributed by atoms with E-state index in [0.29, 0.717) is 19.4 Å². The number of nitrogens with one attached hydrogen (secondary N) is 1. The number of benzene rings is 2. The number of anilines is 2. The zero-order valence-corrected chi connectivity index (χ0v) is 15.4. The fraction of sp³-hybridized carbons (Fsp3) is 0.333. The highest BCUT2D eigenvalue weighted by Gasteiger charge is 2.20. The lowest BCUT2D eigenvalue weighted by Gasteiger charge is -2.18. The topological polar surface area (TPSA) is 52.7 Å². The van der Waals surface area contributed by atoms with Gasteiger partial charge in [-0.15, -0.1) is 0 Å². The van der Waals surface area contributed by atoms with Gasteiger partial charge in [0, 0.05) is 38.4 Å². The van der Waals surface area contributed by atoms with E-state index in [9.17, 15) is 9.59 Å². The molecule has 0 atom stereocenters. The maximum atomic E-state index is 12.4. The molecule has 0 aliphatic carbocycles. The molecule has 3 rings (SSSR count). The first-order valence-corrected chi connectivity index (χ1v) is 8.95. The summed E-state index contributed by atoms with van der Waals surface area (Å²) >= 11 is 0. The molecule has 0 unspecified atom stereocenters. The van der Waals surface area contributed by atoms with Gasteiger partial charge in [0.05, 0.1) is 6.54 Å². The predicted octanol–water partition coefficient (Wildman–Crippen LogP) is 2.71. The number of fused-ring (bicyclic) bond motifs is 1. The lowest BCUT2D eigenvalue weighted by Crippen LogP contribution is -2.31. The fourth-order valence-corrected chi connectivity index (χ4v) is 3.17. The third-order valence-corrected chi connectivity index (χ3v) is 4.68. The molecule has 0 saturated carbocycles. The van der Waals surface area contributed by atoms with Crippen molar-refractivity contribution in [2.75, 3.05) is 37.4 Å². The summed E-state index contributed by atoms with van der Waals surface area (Å²) in [6.07, 6.45) is 2.19. The van der Waals surface area contributed by atoms with Gasteiger partial charge in [0.1, 0.15) is 0 Å². The standard InChI is InChI=1S/C21H25N3O2/c1-23(2)21(26)12-9-16-7-10-18(11-8-16)22-20(25)15-24-14-13-17-5-3-4-6-19(17)24/h3-8,10-11H,9,12-15H2,1-2H3,(H,22,25).